The van der Waals surface area contributed by atoms with Gasteiger partial charge in [0.25, 0.3) is 11.8 Å². The van der Waals surface area contributed by atoms with Crippen molar-refractivity contribution in [1.82, 2.24) is 15.1 Å². The van der Waals surface area contributed by atoms with E-state index in [1.54, 1.807) is 24.0 Å². The Morgan fingerprint density at radius 3 is 2.46 bits per heavy atom. The van der Waals surface area contributed by atoms with Crippen LogP contribution >= 0.6 is 0 Å². The predicted molar refractivity (Wildman–Crippen MR) is 143 cm³/mol. The van der Waals surface area contributed by atoms with Crippen molar-refractivity contribution in [3.05, 3.63) is 100 Å². The zero-order chi connectivity index (χ0) is 27.5. The van der Waals surface area contributed by atoms with Gasteiger partial charge in [-0.25, -0.2) is 4.79 Å². The first-order valence-electron chi connectivity index (χ1n) is 13.0. The van der Waals surface area contributed by atoms with Gasteiger partial charge < -0.3 is 25.2 Å². The van der Waals surface area contributed by atoms with Gasteiger partial charge in [-0.1, -0.05) is 54.6 Å². The third-order valence-corrected chi connectivity index (χ3v) is 7.30. The maximum Gasteiger partial charge on any atom is 0.407 e. The van der Waals surface area contributed by atoms with Crippen LogP contribution in [0.25, 0.3) is 0 Å². The quantitative estimate of drug-likeness (QED) is 0.411. The van der Waals surface area contributed by atoms with E-state index >= 15 is 0 Å². The summed E-state index contributed by atoms with van der Waals surface area (Å²) in [6.45, 7) is 2.96. The zero-order valence-corrected chi connectivity index (χ0v) is 21.7. The number of carboxylic acid groups (broad SMARTS) is 1. The molecule has 0 aliphatic carbocycles. The first-order chi connectivity index (χ1) is 18.9. The maximum absolute atomic E-state index is 13.3. The summed E-state index contributed by atoms with van der Waals surface area (Å²) in [5.41, 5.74) is 4.39. The summed E-state index contributed by atoms with van der Waals surface area (Å²) >= 11 is 0. The van der Waals surface area contributed by atoms with Crippen molar-refractivity contribution >= 4 is 17.9 Å². The number of nitrogens with one attached hydrogen (secondary N) is 1. The van der Waals surface area contributed by atoms with Gasteiger partial charge in [-0.3, -0.25) is 14.5 Å². The third kappa shape index (κ3) is 5.44. The molecule has 0 bridgehead atoms. The Labute approximate surface area is 226 Å². The largest absolute Gasteiger partial charge is 0.493 e. The molecular weight excluding hydrogens is 498 g/mol. The number of fused-ring (bicyclic) bond motifs is 2. The fourth-order valence-electron chi connectivity index (χ4n) is 5.32. The SMILES string of the molecule is CCOc1cc2c(cc1C(=O)NCC(O)[C@@H]1Cc3ccccc3CN1C(=O)O)CN(Cc1ccccc1)C2=O. The van der Waals surface area contributed by atoms with Gasteiger partial charge in [-0.05, 0) is 47.7 Å². The van der Waals surface area contributed by atoms with Crippen molar-refractivity contribution in [1.29, 1.82) is 0 Å². The molecule has 3 amide bonds. The molecule has 2 heterocycles. The molecule has 3 N–H and O–H groups in total. The Kier molecular flexibility index (Phi) is 7.51. The highest BCUT2D eigenvalue weighted by molar-refractivity contribution is 6.03. The lowest BCUT2D eigenvalue weighted by Gasteiger charge is -2.37. The Balaban J connectivity index is 1.31. The van der Waals surface area contributed by atoms with Crippen LogP contribution in [0.2, 0.25) is 0 Å². The van der Waals surface area contributed by atoms with Gasteiger partial charge in [0.15, 0.2) is 0 Å². The zero-order valence-electron chi connectivity index (χ0n) is 21.7. The minimum Gasteiger partial charge on any atom is -0.493 e. The van der Waals surface area contributed by atoms with Crippen LogP contribution in [0.4, 0.5) is 4.79 Å². The van der Waals surface area contributed by atoms with Crippen LogP contribution in [0.5, 0.6) is 5.75 Å². The summed E-state index contributed by atoms with van der Waals surface area (Å²) < 4.78 is 5.72. The molecule has 3 aromatic carbocycles. The summed E-state index contributed by atoms with van der Waals surface area (Å²) in [7, 11) is 0. The van der Waals surface area contributed by atoms with Crippen LogP contribution in [-0.2, 0) is 26.1 Å². The van der Waals surface area contributed by atoms with Crippen molar-refractivity contribution in [3.8, 4) is 5.75 Å². The molecular formula is C30H31N3O6. The van der Waals surface area contributed by atoms with E-state index in [0.717, 1.165) is 22.3 Å². The van der Waals surface area contributed by atoms with Gasteiger partial charge in [-0.15, -0.1) is 0 Å². The van der Waals surface area contributed by atoms with E-state index in [2.05, 4.69) is 5.32 Å². The molecule has 0 saturated carbocycles. The average Bonchev–Trinajstić information content (AvgIpc) is 3.24. The highest BCUT2D eigenvalue weighted by atomic mass is 16.5. The first kappa shape index (κ1) is 26.2. The lowest BCUT2D eigenvalue weighted by molar-refractivity contribution is 0.0382. The number of benzene rings is 3. The number of hydrogen-bond acceptors (Lipinski definition) is 5. The molecule has 0 saturated heterocycles. The van der Waals surface area contributed by atoms with Crippen LogP contribution in [0.1, 0.15) is 49.9 Å². The van der Waals surface area contributed by atoms with E-state index in [4.69, 9.17) is 4.74 Å². The summed E-state index contributed by atoms with van der Waals surface area (Å²) in [6.07, 6.45) is -1.89. The highest BCUT2D eigenvalue weighted by Gasteiger charge is 2.35. The highest BCUT2D eigenvalue weighted by Crippen LogP contribution is 2.32. The van der Waals surface area contributed by atoms with Gasteiger partial charge in [0, 0.05) is 31.7 Å². The van der Waals surface area contributed by atoms with Crippen LogP contribution < -0.4 is 10.1 Å². The van der Waals surface area contributed by atoms with E-state index in [9.17, 15) is 24.6 Å². The molecule has 2 atom stereocenters. The number of nitrogens with zero attached hydrogens (tertiary/aromatic N) is 2. The second-order valence-electron chi connectivity index (χ2n) is 9.81. The van der Waals surface area contributed by atoms with E-state index in [1.165, 1.54) is 4.90 Å². The number of amides is 3. The minimum absolute atomic E-state index is 0.122. The number of carbonyl (C=O) groups excluding carboxylic acids is 2. The standard InChI is InChI=1S/C30H31N3O6/c1-2-39-27-14-23-22(17-32(29(23)36)16-19-8-4-3-5-9-19)12-24(27)28(35)31-15-26(34)25-13-20-10-6-7-11-21(20)18-33(25)30(37)38/h3-12,14,25-26,34H,2,13,15-18H2,1H3,(H,31,35)(H,37,38)/t25-,26?/m0/s1. The summed E-state index contributed by atoms with van der Waals surface area (Å²) in [5.74, 6) is -0.298. The number of aliphatic hydroxyl groups excluding tert-OH is 1. The Morgan fingerprint density at radius 1 is 1.03 bits per heavy atom. The van der Waals surface area contributed by atoms with Gasteiger partial charge in [-0.2, -0.15) is 0 Å². The van der Waals surface area contributed by atoms with Crippen LogP contribution in [0, 0.1) is 0 Å². The van der Waals surface area contributed by atoms with Crippen molar-refractivity contribution in [2.45, 2.75) is 45.1 Å². The van der Waals surface area contributed by atoms with Crippen molar-refractivity contribution in [3.63, 3.8) is 0 Å². The summed E-state index contributed by atoms with van der Waals surface area (Å²) in [6, 6.07) is 19.8. The number of hydrogen-bond donors (Lipinski definition) is 3. The molecule has 0 radical (unpaired) electrons. The monoisotopic (exact) mass is 529 g/mol. The van der Waals surface area contributed by atoms with Gasteiger partial charge in [0.1, 0.15) is 5.75 Å². The number of carbonyl (C=O) groups is 3. The molecule has 0 fully saturated rings. The Hall–Kier alpha value is -4.37. The van der Waals surface area contributed by atoms with Crippen LogP contribution in [-0.4, -0.2) is 63.2 Å². The fourth-order valence-corrected chi connectivity index (χ4v) is 5.32. The molecule has 2 aliphatic heterocycles. The number of aliphatic hydroxyl groups is 1. The number of ether oxygens (including phenoxy) is 1. The minimum atomic E-state index is -1.12. The van der Waals surface area contributed by atoms with E-state index in [-0.39, 0.29) is 30.3 Å². The molecule has 5 rings (SSSR count). The Bertz CT molecular complexity index is 1390. The molecule has 9 nitrogen and oxygen atoms in total. The fraction of sp³-hybridized carbons (Fsp3) is 0.300. The Morgan fingerprint density at radius 2 is 1.74 bits per heavy atom. The molecule has 1 unspecified atom stereocenters. The van der Waals surface area contributed by atoms with E-state index in [0.29, 0.717) is 31.7 Å². The lowest BCUT2D eigenvalue weighted by Crippen LogP contribution is -2.53. The van der Waals surface area contributed by atoms with E-state index in [1.807, 2.05) is 54.6 Å². The van der Waals surface area contributed by atoms with Crippen LogP contribution in [0.15, 0.2) is 66.7 Å². The van der Waals surface area contributed by atoms with Crippen molar-refractivity contribution < 1.29 is 29.3 Å². The summed E-state index contributed by atoms with van der Waals surface area (Å²) in [5, 5.41) is 23.4. The molecule has 39 heavy (non-hydrogen) atoms. The second kappa shape index (κ2) is 11.2. The summed E-state index contributed by atoms with van der Waals surface area (Å²) in [4.78, 5) is 41.2. The topological polar surface area (TPSA) is 119 Å². The van der Waals surface area contributed by atoms with Crippen molar-refractivity contribution in [2.24, 2.45) is 0 Å². The first-order valence-corrected chi connectivity index (χ1v) is 13.0. The normalized spacial score (nSPS) is 16.9. The predicted octanol–water partition coefficient (Wildman–Crippen LogP) is 3.44. The molecule has 0 aromatic heterocycles. The van der Waals surface area contributed by atoms with Gasteiger partial charge in [0.2, 0.25) is 0 Å². The van der Waals surface area contributed by atoms with Crippen molar-refractivity contribution in [2.75, 3.05) is 13.2 Å². The van der Waals surface area contributed by atoms with Gasteiger partial charge >= 0.3 is 6.09 Å². The second-order valence-corrected chi connectivity index (χ2v) is 9.81. The maximum atomic E-state index is 13.3. The van der Waals surface area contributed by atoms with Crippen LogP contribution in [0.3, 0.4) is 0 Å². The molecule has 9 heteroatoms. The van der Waals surface area contributed by atoms with Gasteiger partial charge in [0.05, 0.1) is 24.3 Å². The molecule has 3 aromatic rings. The number of rotatable bonds is 8. The third-order valence-electron chi connectivity index (χ3n) is 7.30. The molecule has 2 aliphatic rings. The average molecular weight is 530 g/mol. The molecule has 0 spiro atoms. The molecule has 202 valence electrons. The smallest absolute Gasteiger partial charge is 0.407 e. The lowest BCUT2D eigenvalue weighted by atomic mass is 9.91. The van der Waals surface area contributed by atoms with E-state index < -0.39 is 24.1 Å².